The van der Waals surface area contributed by atoms with E-state index >= 15 is 0 Å². The molecule has 2 N–H and O–H groups in total. The van der Waals surface area contributed by atoms with Crippen LogP contribution in [0.25, 0.3) is 0 Å². The number of nitrogens with zero attached hydrogens (tertiary/aromatic N) is 1. The minimum atomic E-state index is -4.53. The standard InChI is InChI=1S/C15H14F4N2/c1-9(10-4-6-21-7-5-10)14(20)12-8-11(15(17,18)19)2-3-13(12)16/h2-9,14H,20H2,1H3. The lowest BCUT2D eigenvalue weighted by Crippen LogP contribution is -2.20. The van der Waals surface area contributed by atoms with Gasteiger partial charge in [0.25, 0.3) is 0 Å². The molecule has 1 aromatic carbocycles. The second-order valence-corrected chi connectivity index (χ2v) is 4.83. The highest BCUT2D eigenvalue weighted by molar-refractivity contribution is 5.32. The van der Waals surface area contributed by atoms with Crippen LogP contribution in [0.15, 0.2) is 42.7 Å². The lowest BCUT2D eigenvalue weighted by atomic mass is 9.89. The summed E-state index contributed by atoms with van der Waals surface area (Å²) in [7, 11) is 0. The Labute approximate surface area is 119 Å². The third kappa shape index (κ3) is 3.39. The second-order valence-electron chi connectivity index (χ2n) is 4.83. The quantitative estimate of drug-likeness (QED) is 0.868. The molecule has 0 saturated carbocycles. The summed E-state index contributed by atoms with van der Waals surface area (Å²) in [6.45, 7) is 1.74. The van der Waals surface area contributed by atoms with E-state index in [-0.39, 0.29) is 11.5 Å². The highest BCUT2D eigenvalue weighted by atomic mass is 19.4. The SMILES string of the molecule is CC(c1ccncc1)C(N)c1cc(C(F)(F)F)ccc1F. The maximum Gasteiger partial charge on any atom is 0.416 e. The number of halogens is 4. The lowest BCUT2D eigenvalue weighted by Gasteiger charge is -2.22. The van der Waals surface area contributed by atoms with Crippen molar-refractivity contribution < 1.29 is 17.6 Å². The van der Waals surface area contributed by atoms with Gasteiger partial charge in [0.05, 0.1) is 5.56 Å². The van der Waals surface area contributed by atoms with E-state index in [1.807, 2.05) is 0 Å². The van der Waals surface area contributed by atoms with E-state index in [0.717, 1.165) is 17.7 Å². The van der Waals surface area contributed by atoms with Gasteiger partial charge in [-0.25, -0.2) is 4.39 Å². The van der Waals surface area contributed by atoms with Crippen molar-refractivity contribution in [1.82, 2.24) is 4.98 Å². The van der Waals surface area contributed by atoms with Crippen molar-refractivity contribution in [3.8, 4) is 0 Å². The number of aromatic nitrogens is 1. The summed E-state index contributed by atoms with van der Waals surface area (Å²) < 4.78 is 52.0. The van der Waals surface area contributed by atoms with Crippen LogP contribution in [0.4, 0.5) is 17.6 Å². The Bertz CT molecular complexity index is 611. The smallest absolute Gasteiger partial charge is 0.323 e. The van der Waals surface area contributed by atoms with E-state index in [1.165, 1.54) is 0 Å². The largest absolute Gasteiger partial charge is 0.416 e. The number of nitrogens with two attached hydrogens (primary N) is 1. The van der Waals surface area contributed by atoms with Gasteiger partial charge in [0.1, 0.15) is 5.82 Å². The van der Waals surface area contributed by atoms with Gasteiger partial charge < -0.3 is 5.73 Å². The van der Waals surface area contributed by atoms with Gasteiger partial charge in [0, 0.05) is 29.9 Å². The Morgan fingerprint density at radius 2 is 1.71 bits per heavy atom. The van der Waals surface area contributed by atoms with E-state index in [4.69, 9.17) is 5.73 Å². The Morgan fingerprint density at radius 3 is 2.29 bits per heavy atom. The second kappa shape index (κ2) is 5.81. The fourth-order valence-electron chi connectivity index (χ4n) is 2.12. The highest BCUT2D eigenvalue weighted by Crippen LogP contribution is 2.35. The summed E-state index contributed by atoms with van der Waals surface area (Å²) in [5, 5.41) is 0. The summed E-state index contributed by atoms with van der Waals surface area (Å²) in [5.41, 5.74) is 5.69. The van der Waals surface area contributed by atoms with E-state index in [0.29, 0.717) is 6.07 Å². The van der Waals surface area contributed by atoms with Crippen LogP contribution >= 0.6 is 0 Å². The zero-order valence-electron chi connectivity index (χ0n) is 11.2. The van der Waals surface area contributed by atoms with Gasteiger partial charge in [-0.2, -0.15) is 13.2 Å². The van der Waals surface area contributed by atoms with Crippen molar-refractivity contribution in [2.45, 2.75) is 25.1 Å². The van der Waals surface area contributed by atoms with Crippen molar-refractivity contribution in [2.24, 2.45) is 5.73 Å². The molecule has 0 radical (unpaired) electrons. The predicted molar refractivity (Wildman–Crippen MR) is 71.0 cm³/mol. The number of hydrogen-bond donors (Lipinski definition) is 1. The van der Waals surface area contributed by atoms with E-state index in [9.17, 15) is 17.6 Å². The van der Waals surface area contributed by atoms with Gasteiger partial charge >= 0.3 is 6.18 Å². The van der Waals surface area contributed by atoms with Gasteiger partial charge in [-0.3, -0.25) is 4.98 Å². The van der Waals surface area contributed by atoms with Crippen molar-refractivity contribution in [3.63, 3.8) is 0 Å². The van der Waals surface area contributed by atoms with Crippen molar-refractivity contribution >= 4 is 0 Å². The van der Waals surface area contributed by atoms with Crippen molar-refractivity contribution in [2.75, 3.05) is 0 Å². The van der Waals surface area contributed by atoms with Gasteiger partial charge in [-0.1, -0.05) is 6.92 Å². The van der Waals surface area contributed by atoms with E-state index < -0.39 is 23.6 Å². The summed E-state index contributed by atoms with van der Waals surface area (Å²) >= 11 is 0. The third-order valence-corrected chi connectivity index (χ3v) is 3.45. The molecule has 2 rings (SSSR count). The van der Waals surface area contributed by atoms with Crippen LogP contribution in [-0.2, 0) is 6.18 Å². The minimum Gasteiger partial charge on any atom is -0.323 e. The maximum absolute atomic E-state index is 13.8. The molecule has 0 amide bonds. The van der Waals surface area contributed by atoms with Gasteiger partial charge in [0.15, 0.2) is 0 Å². The van der Waals surface area contributed by atoms with Crippen LogP contribution in [0.5, 0.6) is 0 Å². The molecule has 21 heavy (non-hydrogen) atoms. The predicted octanol–water partition coefficient (Wildman–Crippen LogP) is 4.04. The lowest BCUT2D eigenvalue weighted by molar-refractivity contribution is -0.137. The zero-order chi connectivity index (χ0) is 15.6. The summed E-state index contributed by atoms with van der Waals surface area (Å²) in [5.74, 6) is -1.08. The Hall–Kier alpha value is -1.95. The number of benzene rings is 1. The molecule has 2 unspecified atom stereocenters. The Morgan fingerprint density at radius 1 is 1.10 bits per heavy atom. The van der Waals surface area contributed by atoms with E-state index in [2.05, 4.69) is 4.98 Å². The molecule has 2 aromatic rings. The van der Waals surface area contributed by atoms with Crippen LogP contribution in [0.1, 0.15) is 35.6 Å². The van der Waals surface area contributed by atoms with Crippen LogP contribution in [0.3, 0.4) is 0 Å². The fraction of sp³-hybridized carbons (Fsp3) is 0.267. The molecule has 2 nitrogen and oxygen atoms in total. The average molecular weight is 298 g/mol. The molecule has 2 atom stereocenters. The first-order valence-electron chi connectivity index (χ1n) is 6.33. The van der Waals surface area contributed by atoms with Crippen LogP contribution < -0.4 is 5.73 Å². The third-order valence-electron chi connectivity index (χ3n) is 3.45. The average Bonchev–Trinajstić information content (AvgIpc) is 2.46. The monoisotopic (exact) mass is 298 g/mol. The summed E-state index contributed by atoms with van der Waals surface area (Å²) in [6.07, 6.45) is -1.41. The number of rotatable bonds is 3. The molecular formula is C15H14F4N2. The summed E-state index contributed by atoms with van der Waals surface area (Å²) in [6, 6.07) is 4.82. The molecular weight excluding hydrogens is 284 g/mol. The molecule has 112 valence electrons. The molecule has 6 heteroatoms. The first kappa shape index (κ1) is 15.4. The molecule has 0 saturated heterocycles. The molecule has 0 aliphatic carbocycles. The van der Waals surface area contributed by atoms with E-state index in [1.54, 1.807) is 31.5 Å². The number of pyridine rings is 1. The van der Waals surface area contributed by atoms with Gasteiger partial charge in [-0.15, -0.1) is 0 Å². The Kier molecular flexibility index (Phi) is 4.27. The van der Waals surface area contributed by atoms with Crippen molar-refractivity contribution in [3.05, 3.63) is 65.2 Å². The maximum atomic E-state index is 13.8. The molecule has 1 aromatic heterocycles. The number of hydrogen-bond acceptors (Lipinski definition) is 2. The van der Waals surface area contributed by atoms with Crippen LogP contribution in [0, 0.1) is 5.82 Å². The molecule has 0 spiro atoms. The van der Waals surface area contributed by atoms with Gasteiger partial charge in [-0.05, 0) is 35.9 Å². The molecule has 0 bridgehead atoms. The zero-order valence-corrected chi connectivity index (χ0v) is 11.2. The Balaban J connectivity index is 2.37. The van der Waals surface area contributed by atoms with Crippen LogP contribution in [0.2, 0.25) is 0 Å². The summed E-state index contributed by atoms with van der Waals surface area (Å²) in [4.78, 5) is 3.86. The minimum absolute atomic E-state index is 0.144. The van der Waals surface area contributed by atoms with Crippen molar-refractivity contribution in [1.29, 1.82) is 0 Å². The fourth-order valence-corrected chi connectivity index (χ4v) is 2.12. The number of alkyl halides is 3. The topological polar surface area (TPSA) is 38.9 Å². The molecule has 0 fully saturated rings. The first-order valence-corrected chi connectivity index (χ1v) is 6.33. The first-order chi connectivity index (χ1) is 9.80. The molecule has 0 aliphatic heterocycles. The normalized spacial score (nSPS) is 14.8. The van der Waals surface area contributed by atoms with Gasteiger partial charge in [0.2, 0.25) is 0 Å². The molecule has 1 heterocycles. The van der Waals surface area contributed by atoms with Crippen LogP contribution in [-0.4, -0.2) is 4.98 Å². The highest BCUT2D eigenvalue weighted by Gasteiger charge is 2.32. The molecule has 0 aliphatic rings.